The molecule has 1 heterocycles. The van der Waals surface area contributed by atoms with Crippen molar-refractivity contribution in [2.45, 2.75) is 6.92 Å². The van der Waals surface area contributed by atoms with Gasteiger partial charge in [0, 0.05) is 35.4 Å². The number of nitro benzene ring substituents is 2. The molecule has 0 unspecified atom stereocenters. The Morgan fingerprint density at radius 2 is 1.40 bits per heavy atom. The normalized spacial score (nSPS) is 11.2. The molecule has 0 saturated heterocycles. The summed E-state index contributed by atoms with van der Waals surface area (Å²) in [5.74, 6) is -1.03. The van der Waals surface area contributed by atoms with Gasteiger partial charge in [0.2, 0.25) is 5.90 Å². The van der Waals surface area contributed by atoms with Gasteiger partial charge in [-0.15, -0.1) is 15.0 Å². The van der Waals surface area contributed by atoms with Crippen molar-refractivity contribution in [3.05, 3.63) is 116 Å². The summed E-state index contributed by atoms with van der Waals surface area (Å²) >= 11 is 0. The van der Waals surface area contributed by atoms with E-state index in [-0.39, 0.29) is 28.4 Å². The van der Waals surface area contributed by atoms with E-state index < -0.39 is 15.8 Å². The van der Waals surface area contributed by atoms with E-state index in [2.05, 4.69) is 15.4 Å². The Labute approximate surface area is 197 Å². The van der Waals surface area contributed by atoms with Gasteiger partial charge < -0.3 is 4.74 Å². The second-order valence-corrected chi connectivity index (χ2v) is 7.18. The SMILES string of the molecule is Cc1c(-c2ccccc2)nnn1/N=C(/OC(=O)c1ccc([N+](=O)[O-])cc1)c1ccc([N+](=O)[O-])cc1. The van der Waals surface area contributed by atoms with E-state index in [0.29, 0.717) is 11.4 Å². The van der Waals surface area contributed by atoms with Gasteiger partial charge in [0.05, 0.1) is 21.1 Å². The van der Waals surface area contributed by atoms with E-state index in [1.165, 1.54) is 53.3 Å². The molecule has 174 valence electrons. The number of rotatable bonds is 6. The summed E-state index contributed by atoms with van der Waals surface area (Å²) in [5.41, 5.74) is 1.91. The second-order valence-electron chi connectivity index (χ2n) is 7.18. The summed E-state index contributed by atoms with van der Waals surface area (Å²) in [6.45, 7) is 1.73. The first kappa shape index (κ1) is 22.9. The Morgan fingerprint density at radius 1 is 0.857 bits per heavy atom. The van der Waals surface area contributed by atoms with Gasteiger partial charge in [0.25, 0.3) is 11.4 Å². The van der Waals surface area contributed by atoms with E-state index >= 15 is 0 Å². The lowest BCUT2D eigenvalue weighted by Gasteiger charge is -2.08. The molecule has 12 nitrogen and oxygen atoms in total. The highest BCUT2D eigenvalue weighted by atomic mass is 16.6. The molecule has 0 fully saturated rings. The number of hydrogen-bond acceptors (Lipinski definition) is 9. The minimum absolute atomic E-state index is 0.0468. The van der Waals surface area contributed by atoms with E-state index in [4.69, 9.17) is 4.74 Å². The van der Waals surface area contributed by atoms with Gasteiger partial charge in [0.1, 0.15) is 5.69 Å². The molecule has 0 saturated carbocycles. The molecule has 0 spiro atoms. The summed E-state index contributed by atoms with van der Waals surface area (Å²) < 4.78 is 5.48. The quantitative estimate of drug-likeness (QED) is 0.133. The Kier molecular flexibility index (Phi) is 6.35. The molecule has 4 aromatic rings. The lowest BCUT2D eigenvalue weighted by atomic mass is 10.1. The molecule has 12 heteroatoms. The fraction of sp³-hybridized carbons (Fsp3) is 0.0435. The average molecular weight is 472 g/mol. The third-order valence-corrected chi connectivity index (χ3v) is 4.93. The van der Waals surface area contributed by atoms with Crippen LogP contribution in [0.4, 0.5) is 11.4 Å². The average Bonchev–Trinajstić information content (AvgIpc) is 3.24. The molecule has 4 rings (SSSR count). The van der Waals surface area contributed by atoms with Crippen molar-refractivity contribution in [3.63, 3.8) is 0 Å². The first-order valence-electron chi connectivity index (χ1n) is 10.1. The van der Waals surface area contributed by atoms with Gasteiger partial charge in [-0.25, -0.2) is 4.79 Å². The molecule has 0 aliphatic heterocycles. The number of hydrogen-bond donors (Lipinski definition) is 0. The molecule has 0 aliphatic carbocycles. The van der Waals surface area contributed by atoms with Gasteiger partial charge in [-0.2, -0.15) is 0 Å². The number of aromatic nitrogens is 3. The maximum Gasteiger partial charge on any atom is 0.344 e. The molecule has 0 N–H and O–H groups in total. The largest absolute Gasteiger partial charge is 0.402 e. The van der Waals surface area contributed by atoms with Crippen molar-refractivity contribution in [1.29, 1.82) is 0 Å². The summed E-state index contributed by atoms with van der Waals surface area (Å²) in [6.07, 6.45) is 0. The fourth-order valence-electron chi connectivity index (χ4n) is 3.09. The zero-order valence-electron chi connectivity index (χ0n) is 18.1. The van der Waals surface area contributed by atoms with E-state index in [1.54, 1.807) is 6.92 Å². The Bertz CT molecular complexity index is 1430. The number of carbonyl (C=O) groups excluding carboxylic acids is 1. The molecule has 0 bridgehead atoms. The maximum absolute atomic E-state index is 12.8. The predicted octanol–water partition coefficient (Wildman–Crippen LogP) is 4.14. The van der Waals surface area contributed by atoms with Crippen molar-refractivity contribution in [3.8, 4) is 11.3 Å². The number of nitrogens with zero attached hydrogens (tertiary/aromatic N) is 6. The molecule has 1 aromatic heterocycles. The third kappa shape index (κ3) is 5.06. The number of non-ortho nitro benzene ring substituents is 2. The molecule has 0 radical (unpaired) electrons. The van der Waals surface area contributed by atoms with Gasteiger partial charge in [-0.3, -0.25) is 20.2 Å². The summed E-state index contributed by atoms with van der Waals surface area (Å²) in [4.78, 5) is 34.7. The molecule has 3 aromatic carbocycles. The van der Waals surface area contributed by atoms with E-state index in [0.717, 1.165) is 5.56 Å². The molecule has 0 amide bonds. The van der Waals surface area contributed by atoms with Crippen LogP contribution in [0.15, 0.2) is 84.0 Å². The van der Waals surface area contributed by atoms with Crippen LogP contribution in [0.5, 0.6) is 0 Å². The summed E-state index contributed by atoms with van der Waals surface area (Å²) in [7, 11) is 0. The van der Waals surface area contributed by atoms with Crippen molar-refractivity contribution in [2.75, 3.05) is 0 Å². The van der Waals surface area contributed by atoms with Crippen LogP contribution in [-0.2, 0) is 4.74 Å². The van der Waals surface area contributed by atoms with Crippen LogP contribution in [0.1, 0.15) is 21.6 Å². The zero-order chi connectivity index (χ0) is 24.9. The van der Waals surface area contributed by atoms with Crippen molar-refractivity contribution in [1.82, 2.24) is 15.1 Å². The van der Waals surface area contributed by atoms with Crippen molar-refractivity contribution < 1.29 is 19.4 Å². The van der Waals surface area contributed by atoms with Gasteiger partial charge in [-0.1, -0.05) is 30.3 Å². The number of nitro groups is 2. The lowest BCUT2D eigenvalue weighted by molar-refractivity contribution is -0.385. The van der Waals surface area contributed by atoms with Crippen LogP contribution in [0, 0.1) is 27.2 Å². The van der Waals surface area contributed by atoms with E-state index in [9.17, 15) is 25.0 Å². The highest BCUT2D eigenvalue weighted by Gasteiger charge is 2.18. The van der Waals surface area contributed by atoms with E-state index in [1.807, 2.05) is 30.3 Å². The minimum Gasteiger partial charge on any atom is -0.402 e. The first-order valence-corrected chi connectivity index (χ1v) is 10.1. The number of esters is 1. The molecular formula is C23H16N6O6. The topological polar surface area (TPSA) is 156 Å². The van der Waals surface area contributed by atoms with Crippen LogP contribution < -0.4 is 0 Å². The van der Waals surface area contributed by atoms with Gasteiger partial charge >= 0.3 is 5.97 Å². The van der Waals surface area contributed by atoms with Crippen LogP contribution in [-0.4, -0.2) is 36.8 Å². The first-order chi connectivity index (χ1) is 16.8. The van der Waals surface area contributed by atoms with Crippen molar-refractivity contribution in [2.24, 2.45) is 5.10 Å². The third-order valence-electron chi connectivity index (χ3n) is 4.93. The number of benzene rings is 3. The van der Waals surface area contributed by atoms with Crippen LogP contribution in [0.2, 0.25) is 0 Å². The molecule has 0 atom stereocenters. The minimum atomic E-state index is -0.835. The number of ether oxygens (including phenoxy) is 1. The van der Waals surface area contributed by atoms with Gasteiger partial charge in [-0.05, 0) is 36.4 Å². The lowest BCUT2D eigenvalue weighted by Crippen LogP contribution is -2.16. The molecular weight excluding hydrogens is 456 g/mol. The van der Waals surface area contributed by atoms with Crippen LogP contribution in [0.25, 0.3) is 11.3 Å². The summed E-state index contributed by atoms with van der Waals surface area (Å²) in [6, 6.07) is 19.4. The Morgan fingerprint density at radius 3 is 1.94 bits per heavy atom. The monoisotopic (exact) mass is 472 g/mol. The maximum atomic E-state index is 12.8. The van der Waals surface area contributed by atoms with Crippen LogP contribution >= 0.6 is 0 Å². The molecule has 35 heavy (non-hydrogen) atoms. The Balaban J connectivity index is 1.71. The fourth-order valence-corrected chi connectivity index (χ4v) is 3.09. The van der Waals surface area contributed by atoms with Crippen LogP contribution in [0.3, 0.4) is 0 Å². The zero-order valence-corrected chi connectivity index (χ0v) is 18.1. The number of carbonyl (C=O) groups is 1. The summed E-state index contributed by atoms with van der Waals surface area (Å²) in [5, 5.41) is 34.3. The smallest absolute Gasteiger partial charge is 0.344 e. The van der Waals surface area contributed by atoms with Gasteiger partial charge in [0.15, 0.2) is 0 Å². The van der Waals surface area contributed by atoms with Crippen molar-refractivity contribution >= 4 is 23.2 Å². The molecule has 0 aliphatic rings. The highest BCUT2D eigenvalue weighted by Crippen LogP contribution is 2.21. The Hall–Kier alpha value is -5.26. The standard InChI is InChI=1S/C23H16N6O6/c1-15-21(16-5-3-2-4-6-16)24-26-27(15)25-22(17-7-11-19(12-8-17)28(31)32)35-23(30)18-9-13-20(14-10-18)29(33)34/h2-14H,1H3/b25-22+. The second kappa shape index (κ2) is 9.70. The predicted molar refractivity (Wildman–Crippen MR) is 124 cm³/mol. The highest BCUT2D eigenvalue weighted by molar-refractivity contribution is 6.05.